The van der Waals surface area contributed by atoms with Gasteiger partial charge in [-0.25, -0.2) is 0 Å². The molecule has 1 aliphatic heterocycles. The molecule has 0 spiro atoms. The van der Waals surface area contributed by atoms with E-state index in [-0.39, 0.29) is 19.2 Å². The van der Waals surface area contributed by atoms with Crippen molar-refractivity contribution in [3.05, 3.63) is 0 Å². The average molecular weight is 281 g/mol. The Balaban J connectivity index is 2.05. The minimum absolute atomic E-state index is 0.247. The normalized spacial score (nSPS) is 18.1. The van der Waals surface area contributed by atoms with Gasteiger partial charge in [0.15, 0.2) is 0 Å². The fourth-order valence-electron chi connectivity index (χ4n) is 1.69. The van der Waals surface area contributed by atoms with Gasteiger partial charge in [0.25, 0.3) is 10.2 Å². The van der Waals surface area contributed by atoms with E-state index in [1.165, 1.54) is 7.11 Å². The first-order valence-electron chi connectivity index (χ1n) is 6.19. The lowest BCUT2D eigenvalue weighted by molar-refractivity contribution is 0.0366. The maximum Gasteiger partial charge on any atom is 0.277 e. The van der Waals surface area contributed by atoms with Gasteiger partial charge >= 0.3 is 0 Å². The van der Waals surface area contributed by atoms with Gasteiger partial charge in [-0.15, -0.1) is 0 Å². The average Bonchev–Trinajstić information content (AvgIpc) is 2.36. The number of methoxy groups -OCH3 is 1. The second-order valence-electron chi connectivity index (χ2n) is 4.11. The van der Waals surface area contributed by atoms with Crippen LogP contribution in [0.15, 0.2) is 0 Å². The van der Waals surface area contributed by atoms with Crippen molar-refractivity contribution in [2.75, 3.05) is 46.5 Å². The second kappa shape index (κ2) is 8.78. The van der Waals surface area contributed by atoms with E-state index < -0.39 is 10.2 Å². The van der Waals surface area contributed by atoms with Crippen LogP contribution in [0, 0.1) is 0 Å². The van der Waals surface area contributed by atoms with E-state index >= 15 is 0 Å². The largest absolute Gasteiger partial charge is 0.383 e. The third-order valence-electron chi connectivity index (χ3n) is 2.63. The van der Waals surface area contributed by atoms with Crippen LogP contribution in [-0.4, -0.2) is 61.0 Å². The fraction of sp³-hybridized carbons (Fsp3) is 1.00. The summed E-state index contributed by atoms with van der Waals surface area (Å²) in [6.07, 6.45) is 2.22. The van der Waals surface area contributed by atoms with E-state index in [4.69, 9.17) is 9.47 Å². The van der Waals surface area contributed by atoms with Crippen molar-refractivity contribution >= 4 is 10.2 Å². The van der Waals surface area contributed by atoms with Crippen molar-refractivity contribution in [2.24, 2.45) is 0 Å². The monoisotopic (exact) mass is 281 g/mol. The smallest absolute Gasteiger partial charge is 0.277 e. The Labute approximate surface area is 109 Å². The van der Waals surface area contributed by atoms with Gasteiger partial charge < -0.3 is 14.8 Å². The van der Waals surface area contributed by atoms with Gasteiger partial charge in [0.05, 0.1) is 19.3 Å². The van der Waals surface area contributed by atoms with E-state index in [0.717, 1.165) is 25.9 Å². The molecule has 7 nitrogen and oxygen atoms in total. The van der Waals surface area contributed by atoms with Crippen molar-refractivity contribution in [2.45, 2.75) is 18.9 Å². The molecule has 3 N–H and O–H groups in total. The van der Waals surface area contributed by atoms with E-state index in [2.05, 4.69) is 14.8 Å². The first kappa shape index (κ1) is 15.8. The summed E-state index contributed by atoms with van der Waals surface area (Å²) < 4.78 is 38.0. The molecule has 0 aromatic heterocycles. The summed E-state index contributed by atoms with van der Waals surface area (Å²) in [6.45, 7) is 3.24. The molecule has 18 heavy (non-hydrogen) atoms. The molecule has 0 unspecified atom stereocenters. The zero-order valence-corrected chi connectivity index (χ0v) is 11.6. The van der Waals surface area contributed by atoms with Gasteiger partial charge in [-0.3, -0.25) is 0 Å². The Morgan fingerprint density at radius 1 is 1.17 bits per heavy atom. The van der Waals surface area contributed by atoms with Crippen molar-refractivity contribution < 1.29 is 17.9 Å². The van der Waals surface area contributed by atoms with Crippen LogP contribution in [0.3, 0.4) is 0 Å². The Morgan fingerprint density at radius 2 is 1.78 bits per heavy atom. The third-order valence-corrected chi connectivity index (χ3v) is 3.80. The number of hydrogen-bond acceptors (Lipinski definition) is 5. The predicted octanol–water partition coefficient (Wildman–Crippen LogP) is -1.17. The van der Waals surface area contributed by atoms with Crippen molar-refractivity contribution in [3.8, 4) is 0 Å². The number of ether oxygens (including phenoxy) is 2. The van der Waals surface area contributed by atoms with Gasteiger partial charge in [-0.2, -0.15) is 17.9 Å². The number of hydrogen-bond donors (Lipinski definition) is 3. The molecule has 1 rings (SSSR count). The highest BCUT2D eigenvalue weighted by Crippen LogP contribution is 2.06. The molecule has 0 saturated carbocycles. The number of rotatable bonds is 9. The van der Waals surface area contributed by atoms with E-state index in [1.54, 1.807) is 0 Å². The molecular formula is C10H23N3O4S. The summed E-state index contributed by atoms with van der Waals surface area (Å²) in [6, 6.07) is 0. The standard InChI is InChI=1S/C10H23N3O4S/c1-16-8-6-12-18(14,15)13-7-9-17-10-2-4-11-5-3-10/h10-13H,2-9H2,1H3. The summed E-state index contributed by atoms with van der Waals surface area (Å²) in [5, 5.41) is 3.24. The Hall–Kier alpha value is -0.250. The van der Waals surface area contributed by atoms with Gasteiger partial charge in [0, 0.05) is 20.2 Å². The third kappa shape index (κ3) is 7.24. The summed E-state index contributed by atoms with van der Waals surface area (Å²) in [7, 11) is -1.91. The molecule has 0 aliphatic carbocycles. The molecule has 1 fully saturated rings. The van der Waals surface area contributed by atoms with Crippen LogP contribution in [0.1, 0.15) is 12.8 Å². The van der Waals surface area contributed by atoms with Crippen LogP contribution in [0.5, 0.6) is 0 Å². The quantitative estimate of drug-likeness (QED) is 0.463. The van der Waals surface area contributed by atoms with E-state index in [1.807, 2.05) is 0 Å². The lowest BCUT2D eigenvalue weighted by atomic mass is 10.1. The number of piperidine rings is 1. The Morgan fingerprint density at radius 3 is 2.39 bits per heavy atom. The zero-order chi connectivity index (χ0) is 13.3. The highest BCUT2D eigenvalue weighted by molar-refractivity contribution is 7.87. The van der Waals surface area contributed by atoms with Gasteiger partial charge in [0.1, 0.15) is 0 Å². The first-order valence-corrected chi connectivity index (χ1v) is 7.68. The molecule has 1 saturated heterocycles. The molecule has 0 radical (unpaired) electrons. The molecular weight excluding hydrogens is 258 g/mol. The molecule has 1 heterocycles. The lowest BCUT2D eigenvalue weighted by Crippen LogP contribution is -2.40. The molecule has 0 bridgehead atoms. The number of nitrogens with one attached hydrogen (secondary N) is 3. The fourth-order valence-corrected chi connectivity index (χ4v) is 2.50. The van der Waals surface area contributed by atoms with Crippen LogP contribution in [0.4, 0.5) is 0 Å². The first-order chi connectivity index (χ1) is 8.64. The highest BCUT2D eigenvalue weighted by atomic mass is 32.2. The molecule has 8 heteroatoms. The van der Waals surface area contributed by atoms with Crippen LogP contribution in [-0.2, 0) is 19.7 Å². The minimum Gasteiger partial charge on any atom is -0.383 e. The molecule has 108 valence electrons. The summed E-state index contributed by atoms with van der Waals surface area (Å²) in [5.41, 5.74) is 0. The lowest BCUT2D eigenvalue weighted by Gasteiger charge is -2.22. The second-order valence-corrected chi connectivity index (χ2v) is 5.69. The van der Waals surface area contributed by atoms with E-state index in [9.17, 15) is 8.42 Å². The topological polar surface area (TPSA) is 88.7 Å². The predicted molar refractivity (Wildman–Crippen MR) is 68.6 cm³/mol. The van der Waals surface area contributed by atoms with Crippen LogP contribution in [0.2, 0.25) is 0 Å². The molecule has 0 amide bonds. The van der Waals surface area contributed by atoms with Crippen LogP contribution in [0.25, 0.3) is 0 Å². The highest BCUT2D eigenvalue weighted by Gasteiger charge is 2.13. The van der Waals surface area contributed by atoms with Crippen molar-refractivity contribution in [3.63, 3.8) is 0 Å². The van der Waals surface area contributed by atoms with Crippen molar-refractivity contribution in [1.29, 1.82) is 0 Å². The maximum absolute atomic E-state index is 11.4. The summed E-state index contributed by atoms with van der Waals surface area (Å²) in [4.78, 5) is 0. The van der Waals surface area contributed by atoms with Crippen LogP contribution >= 0.6 is 0 Å². The minimum atomic E-state index is -3.43. The Kier molecular flexibility index (Phi) is 7.71. The SMILES string of the molecule is COCCNS(=O)(=O)NCCOC1CCNCC1. The maximum atomic E-state index is 11.4. The van der Waals surface area contributed by atoms with Gasteiger partial charge in [-0.1, -0.05) is 0 Å². The molecule has 1 aliphatic rings. The summed E-state index contributed by atoms with van der Waals surface area (Å²) >= 11 is 0. The van der Waals surface area contributed by atoms with Crippen LogP contribution < -0.4 is 14.8 Å². The Bertz CT molecular complexity index is 304. The van der Waals surface area contributed by atoms with E-state index in [0.29, 0.717) is 13.2 Å². The molecule has 0 aromatic carbocycles. The van der Waals surface area contributed by atoms with Gasteiger partial charge in [0.2, 0.25) is 0 Å². The summed E-state index contributed by atoms with van der Waals surface area (Å²) in [5.74, 6) is 0. The van der Waals surface area contributed by atoms with Crippen molar-refractivity contribution in [1.82, 2.24) is 14.8 Å². The molecule has 0 atom stereocenters. The zero-order valence-electron chi connectivity index (χ0n) is 10.8. The molecule has 0 aromatic rings. The van der Waals surface area contributed by atoms with Gasteiger partial charge in [-0.05, 0) is 25.9 Å².